The third-order valence-corrected chi connectivity index (χ3v) is 7.24. The zero-order valence-corrected chi connectivity index (χ0v) is 22.2. The number of nitrogens with zero attached hydrogens (tertiary/aromatic N) is 4. The van der Waals surface area contributed by atoms with Crippen molar-refractivity contribution in [3.05, 3.63) is 84.0 Å². The van der Waals surface area contributed by atoms with Crippen LogP contribution in [0.5, 0.6) is 11.5 Å². The Labute approximate surface area is 229 Å². The predicted molar refractivity (Wildman–Crippen MR) is 148 cm³/mol. The molecule has 0 spiro atoms. The average Bonchev–Trinajstić information content (AvgIpc) is 2.91. The minimum atomic E-state index is -0.509. The quantitative estimate of drug-likeness (QED) is 0.218. The molecule has 0 atom stereocenters. The zero-order chi connectivity index (χ0) is 26.3. The first kappa shape index (κ1) is 26.2. The molecule has 11 heteroatoms. The normalized spacial score (nSPS) is 13.7. The van der Waals surface area contributed by atoms with E-state index in [2.05, 4.69) is 29.9 Å². The van der Waals surface area contributed by atoms with E-state index in [9.17, 15) is 4.39 Å². The van der Waals surface area contributed by atoms with Crippen molar-refractivity contribution < 1.29 is 13.9 Å². The van der Waals surface area contributed by atoms with Crippen LogP contribution < -0.4 is 14.8 Å². The van der Waals surface area contributed by atoms with Crippen molar-refractivity contribution in [3.63, 3.8) is 0 Å². The molecule has 38 heavy (non-hydrogen) atoms. The fourth-order valence-corrected chi connectivity index (χ4v) is 4.81. The van der Waals surface area contributed by atoms with Crippen molar-refractivity contribution in [3.8, 4) is 22.8 Å². The Balaban J connectivity index is 1.25. The summed E-state index contributed by atoms with van der Waals surface area (Å²) >= 11 is 7.50. The first-order valence-electron chi connectivity index (χ1n) is 12.0. The number of methoxy groups -OCH3 is 1. The molecule has 3 heterocycles. The predicted octanol–water partition coefficient (Wildman–Crippen LogP) is 5.99. The van der Waals surface area contributed by atoms with Crippen LogP contribution in [-0.2, 0) is 4.74 Å². The fraction of sp³-hybridized carbons (Fsp3) is 0.222. The van der Waals surface area contributed by atoms with Crippen LogP contribution in [0.25, 0.3) is 11.3 Å². The van der Waals surface area contributed by atoms with Gasteiger partial charge in [0, 0.05) is 62.0 Å². The molecule has 2 aromatic carbocycles. The van der Waals surface area contributed by atoms with Crippen LogP contribution >= 0.6 is 23.5 Å². The molecule has 1 fully saturated rings. The second-order valence-electron chi connectivity index (χ2n) is 8.61. The smallest absolute Gasteiger partial charge is 0.223 e. The Morgan fingerprint density at radius 3 is 2.79 bits per heavy atom. The van der Waals surface area contributed by atoms with Gasteiger partial charge in [0.2, 0.25) is 5.95 Å². The van der Waals surface area contributed by atoms with Gasteiger partial charge in [-0.1, -0.05) is 23.7 Å². The van der Waals surface area contributed by atoms with E-state index >= 15 is 0 Å². The molecule has 2 N–H and O–H groups in total. The van der Waals surface area contributed by atoms with Gasteiger partial charge in [0.25, 0.3) is 0 Å². The third-order valence-electron chi connectivity index (χ3n) is 5.88. The second kappa shape index (κ2) is 12.4. The topological polar surface area (TPSA) is 84.4 Å². The summed E-state index contributed by atoms with van der Waals surface area (Å²) in [5, 5.41) is 3.98. The van der Waals surface area contributed by atoms with Crippen molar-refractivity contribution in [1.29, 1.82) is 0 Å². The SMILES string of the molecule is COCCN1CC(Nc2nccc(-c3cnccc3Oc3ccc(NSc4ccccc4Cl)cc3F)n2)C1. The first-order chi connectivity index (χ1) is 18.6. The molecule has 0 amide bonds. The number of likely N-dealkylation sites (tertiary alicyclic amines) is 1. The highest BCUT2D eigenvalue weighted by atomic mass is 35.5. The van der Waals surface area contributed by atoms with Gasteiger partial charge in [-0.2, -0.15) is 0 Å². The van der Waals surface area contributed by atoms with Gasteiger partial charge < -0.3 is 19.5 Å². The van der Waals surface area contributed by atoms with Crippen LogP contribution in [-0.4, -0.2) is 59.2 Å². The van der Waals surface area contributed by atoms with Crippen LogP contribution in [0.15, 0.2) is 78.1 Å². The summed E-state index contributed by atoms with van der Waals surface area (Å²) in [6.45, 7) is 3.42. The number of anilines is 2. The molecule has 0 bridgehead atoms. The maximum absolute atomic E-state index is 15.0. The van der Waals surface area contributed by atoms with Crippen molar-refractivity contribution in [2.75, 3.05) is 43.4 Å². The van der Waals surface area contributed by atoms with Gasteiger partial charge >= 0.3 is 0 Å². The van der Waals surface area contributed by atoms with Crippen molar-refractivity contribution in [2.45, 2.75) is 10.9 Å². The highest BCUT2D eigenvalue weighted by Gasteiger charge is 2.26. The molecule has 0 aliphatic carbocycles. The standard InChI is InChI=1S/C27H26ClFN6O2S/c1-36-13-12-35-16-19(17-35)32-27-31-11-8-23(33-27)20-15-30-10-9-24(20)37-25-7-6-18(14-22(25)29)34-38-26-5-3-2-4-21(26)28/h2-11,14-15,19,34H,12-13,16-17H2,1H3,(H,31,32,33). The second-order valence-corrected chi connectivity index (χ2v) is 9.87. The Hall–Kier alpha value is -3.44. The summed E-state index contributed by atoms with van der Waals surface area (Å²) in [5.74, 6) is 0.532. The maximum Gasteiger partial charge on any atom is 0.223 e. The molecule has 196 valence electrons. The lowest BCUT2D eigenvalue weighted by Crippen LogP contribution is -2.55. The molecule has 8 nitrogen and oxygen atoms in total. The van der Waals surface area contributed by atoms with E-state index in [1.807, 2.05) is 18.2 Å². The van der Waals surface area contributed by atoms with E-state index in [0.29, 0.717) is 40.3 Å². The van der Waals surface area contributed by atoms with E-state index in [1.54, 1.807) is 56.0 Å². The largest absolute Gasteiger partial charge is 0.453 e. The van der Waals surface area contributed by atoms with Crippen LogP contribution in [0.3, 0.4) is 0 Å². The monoisotopic (exact) mass is 552 g/mol. The van der Waals surface area contributed by atoms with Crippen molar-refractivity contribution >= 4 is 35.2 Å². The van der Waals surface area contributed by atoms with Crippen LogP contribution in [0.1, 0.15) is 0 Å². The summed E-state index contributed by atoms with van der Waals surface area (Å²) in [6.07, 6.45) is 4.92. The fourth-order valence-electron chi connectivity index (χ4n) is 3.89. The number of nitrogens with one attached hydrogen (secondary N) is 2. The molecular weight excluding hydrogens is 527 g/mol. The molecule has 1 saturated heterocycles. The van der Waals surface area contributed by atoms with E-state index in [-0.39, 0.29) is 11.8 Å². The molecule has 5 rings (SSSR count). The van der Waals surface area contributed by atoms with E-state index < -0.39 is 5.82 Å². The van der Waals surface area contributed by atoms with E-state index in [1.165, 1.54) is 18.0 Å². The lowest BCUT2D eigenvalue weighted by atomic mass is 10.1. The van der Waals surface area contributed by atoms with Crippen LogP contribution in [0.4, 0.5) is 16.0 Å². The summed E-state index contributed by atoms with van der Waals surface area (Å²) < 4.78 is 29.2. The first-order valence-corrected chi connectivity index (χ1v) is 13.2. The van der Waals surface area contributed by atoms with Crippen LogP contribution in [0.2, 0.25) is 5.02 Å². The van der Waals surface area contributed by atoms with Crippen molar-refractivity contribution in [2.24, 2.45) is 0 Å². The number of pyridine rings is 1. The van der Waals surface area contributed by atoms with Gasteiger partial charge in [-0.05, 0) is 48.3 Å². The van der Waals surface area contributed by atoms with Gasteiger partial charge in [-0.15, -0.1) is 0 Å². The zero-order valence-electron chi connectivity index (χ0n) is 20.6. The molecule has 2 aromatic heterocycles. The summed E-state index contributed by atoms with van der Waals surface area (Å²) in [7, 11) is 1.70. The Morgan fingerprint density at radius 2 is 1.97 bits per heavy atom. The number of hydrogen-bond acceptors (Lipinski definition) is 9. The molecule has 4 aromatic rings. The molecule has 0 radical (unpaired) electrons. The van der Waals surface area contributed by atoms with E-state index in [0.717, 1.165) is 24.5 Å². The maximum atomic E-state index is 15.0. The number of rotatable bonds is 11. The average molecular weight is 553 g/mol. The molecular formula is C27H26ClFN6O2S. The van der Waals surface area contributed by atoms with Crippen LogP contribution in [0, 0.1) is 5.82 Å². The Kier molecular flexibility index (Phi) is 8.54. The summed E-state index contributed by atoms with van der Waals surface area (Å²) in [4.78, 5) is 16.4. The lowest BCUT2D eigenvalue weighted by Gasteiger charge is -2.39. The van der Waals surface area contributed by atoms with Gasteiger partial charge in [0.05, 0.1) is 28.9 Å². The molecule has 0 unspecified atom stereocenters. The summed E-state index contributed by atoms with van der Waals surface area (Å²) in [6, 6.07) is 15.9. The number of benzene rings is 2. The van der Waals surface area contributed by atoms with E-state index in [4.69, 9.17) is 21.1 Å². The number of ether oxygens (including phenoxy) is 2. The third kappa shape index (κ3) is 6.51. The van der Waals surface area contributed by atoms with Gasteiger partial charge in [-0.25, -0.2) is 14.4 Å². The summed E-state index contributed by atoms with van der Waals surface area (Å²) in [5.41, 5.74) is 1.83. The molecule has 1 aliphatic heterocycles. The minimum Gasteiger partial charge on any atom is -0.453 e. The van der Waals surface area contributed by atoms with Gasteiger partial charge in [-0.3, -0.25) is 9.88 Å². The Morgan fingerprint density at radius 1 is 1.11 bits per heavy atom. The number of halogens is 2. The highest BCUT2D eigenvalue weighted by Crippen LogP contribution is 2.35. The van der Waals surface area contributed by atoms with Crippen molar-refractivity contribution in [1.82, 2.24) is 19.9 Å². The number of hydrogen-bond donors (Lipinski definition) is 2. The number of aromatic nitrogens is 3. The Bertz CT molecular complexity index is 1390. The lowest BCUT2D eigenvalue weighted by molar-refractivity contribution is 0.102. The van der Waals surface area contributed by atoms with Gasteiger partial charge in [0.15, 0.2) is 11.6 Å². The van der Waals surface area contributed by atoms with Gasteiger partial charge in [0.1, 0.15) is 5.75 Å². The molecule has 1 aliphatic rings. The highest BCUT2D eigenvalue weighted by molar-refractivity contribution is 8.00. The minimum absolute atomic E-state index is 0.0868. The molecule has 0 saturated carbocycles.